The van der Waals surface area contributed by atoms with Gasteiger partial charge in [-0.15, -0.1) is 0 Å². The molecule has 0 radical (unpaired) electrons. The van der Waals surface area contributed by atoms with Gasteiger partial charge in [0.05, 0.1) is 17.6 Å². The minimum Gasteiger partial charge on any atom is -0.481 e. The monoisotopic (exact) mass is 516 g/mol. The van der Waals surface area contributed by atoms with Crippen LogP contribution in [0.4, 0.5) is 0 Å². The first-order valence-corrected chi connectivity index (χ1v) is 15.4. The van der Waals surface area contributed by atoms with E-state index in [1.807, 2.05) is 6.92 Å². The second kappa shape index (κ2) is 7.97. The molecule has 5 nitrogen and oxygen atoms in total. The maximum absolute atomic E-state index is 12.4. The van der Waals surface area contributed by atoms with Crippen molar-refractivity contribution in [2.24, 2.45) is 56.2 Å². The minimum atomic E-state index is -0.605. The molecule has 1 aliphatic heterocycles. The van der Waals surface area contributed by atoms with Crippen molar-refractivity contribution in [3.8, 4) is 0 Å². The summed E-state index contributed by atoms with van der Waals surface area (Å²) in [6.07, 6.45) is 9.86. The molecule has 2 bridgehead atoms. The molecule has 6 rings (SSSR count). The Balaban J connectivity index is 1.40. The first-order valence-electron chi connectivity index (χ1n) is 15.4. The predicted octanol–water partition coefficient (Wildman–Crippen LogP) is 6.66. The summed E-state index contributed by atoms with van der Waals surface area (Å²) in [5, 5.41) is 21.5. The van der Waals surface area contributed by atoms with E-state index in [1.54, 1.807) is 0 Å². The fraction of sp³-hybridized carbons (Fsp3) is 0.969. The zero-order chi connectivity index (χ0) is 26.8. The van der Waals surface area contributed by atoms with Crippen molar-refractivity contribution in [1.82, 2.24) is 0 Å². The average molecular weight is 517 g/mol. The summed E-state index contributed by atoms with van der Waals surface area (Å²) in [7, 11) is 0. The van der Waals surface area contributed by atoms with Crippen LogP contribution in [0.5, 0.6) is 0 Å². The molecule has 13 atom stereocenters. The molecule has 6 aliphatic rings. The molecule has 1 spiro atoms. The Morgan fingerprint density at radius 2 is 1.57 bits per heavy atom. The molecule has 0 aromatic carbocycles. The summed E-state index contributed by atoms with van der Waals surface area (Å²) in [6, 6.07) is 0. The molecule has 37 heavy (non-hydrogen) atoms. The number of rotatable bonds is 3. The third-order valence-corrected chi connectivity index (χ3v) is 14.8. The molecule has 0 aromatic rings. The molecular formula is C32H52O5. The van der Waals surface area contributed by atoms with Crippen LogP contribution in [0.15, 0.2) is 0 Å². The highest BCUT2D eigenvalue weighted by Gasteiger charge is 2.75. The van der Waals surface area contributed by atoms with E-state index >= 15 is 0 Å². The highest BCUT2D eigenvalue weighted by Crippen LogP contribution is 2.79. The Hall–Kier alpha value is -0.650. The van der Waals surface area contributed by atoms with Gasteiger partial charge in [0.25, 0.3) is 0 Å². The van der Waals surface area contributed by atoms with Crippen LogP contribution in [-0.2, 0) is 14.3 Å². The number of carboxylic acids is 1. The van der Waals surface area contributed by atoms with E-state index in [0.29, 0.717) is 30.3 Å². The van der Waals surface area contributed by atoms with E-state index in [2.05, 4.69) is 41.5 Å². The van der Waals surface area contributed by atoms with Crippen LogP contribution in [0.1, 0.15) is 113 Å². The Labute approximate surface area is 224 Å². The van der Waals surface area contributed by atoms with E-state index in [4.69, 9.17) is 9.47 Å². The second-order valence-electron chi connectivity index (χ2n) is 15.9. The molecular weight excluding hydrogens is 464 g/mol. The number of ether oxygens (including phenoxy) is 2. The highest BCUT2D eigenvalue weighted by atomic mass is 16.7. The Kier molecular flexibility index (Phi) is 5.72. The van der Waals surface area contributed by atoms with Crippen LogP contribution < -0.4 is 0 Å². The second-order valence-corrected chi connectivity index (χ2v) is 15.9. The van der Waals surface area contributed by atoms with Gasteiger partial charge in [0.15, 0.2) is 6.29 Å². The highest BCUT2D eigenvalue weighted by molar-refractivity contribution is 5.74. The molecule has 1 saturated heterocycles. The normalized spacial score (nSPS) is 60.6. The molecule has 5 saturated carbocycles. The molecule has 1 unspecified atom stereocenters. The van der Waals surface area contributed by atoms with Crippen LogP contribution >= 0.6 is 0 Å². The number of fused-ring (bicyclic) bond motifs is 7. The summed E-state index contributed by atoms with van der Waals surface area (Å²) in [5.41, 5.74) is 0.0773. The van der Waals surface area contributed by atoms with Gasteiger partial charge in [-0.3, -0.25) is 4.79 Å². The Bertz CT molecular complexity index is 967. The maximum atomic E-state index is 12.4. The van der Waals surface area contributed by atoms with Crippen molar-refractivity contribution in [2.75, 3.05) is 6.61 Å². The molecule has 6 fully saturated rings. The van der Waals surface area contributed by atoms with Gasteiger partial charge >= 0.3 is 5.97 Å². The molecule has 5 aliphatic carbocycles. The number of aliphatic hydroxyl groups is 1. The van der Waals surface area contributed by atoms with Gasteiger partial charge in [-0.2, -0.15) is 0 Å². The number of hydrogen-bond acceptors (Lipinski definition) is 4. The SMILES string of the molecule is CCO[C@@H]1O[C@H]2[C@H](O)CC3[C@]1(CC[C@@H]1[C@@]3(C)CC[C@@]3(C)[C@@H]4C[C@](C)(C(=O)O)CC[C@]4(C)CC[C@]13C)[C@H]2C. The zero-order valence-corrected chi connectivity index (χ0v) is 24.4. The van der Waals surface area contributed by atoms with E-state index in [9.17, 15) is 15.0 Å². The average Bonchev–Trinajstić information content (AvgIpc) is 3.02. The number of carbonyl (C=O) groups is 1. The number of aliphatic carboxylic acids is 1. The third kappa shape index (κ3) is 3.06. The van der Waals surface area contributed by atoms with Gasteiger partial charge in [-0.25, -0.2) is 0 Å². The zero-order valence-electron chi connectivity index (χ0n) is 24.4. The fourth-order valence-corrected chi connectivity index (χ4v) is 12.3. The Morgan fingerprint density at radius 1 is 0.919 bits per heavy atom. The number of carboxylic acid groups (broad SMARTS) is 1. The largest absolute Gasteiger partial charge is 0.481 e. The lowest BCUT2D eigenvalue weighted by atomic mass is 9.30. The lowest BCUT2D eigenvalue weighted by Crippen LogP contribution is -2.69. The van der Waals surface area contributed by atoms with Crippen LogP contribution in [-0.4, -0.2) is 41.3 Å². The molecule has 0 amide bonds. The van der Waals surface area contributed by atoms with Gasteiger partial charge in [0.2, 0.25) is 0 Å². The predicted molar refractivity (Wildman–Crippen MR) is 143 cm³/mol. The molecule has 5 heteroatoms. The van der Waals surface area contributed by atoms with E-state index in [1.165, 1.54) is 19.3 Å². The van der Waals surface area contributed by atoms with Gasteiger partial charge in [-0.1, -0.05) is 34.6 Å². The van der Waals surface area contributed by atoms with E-state index in [-0.39, 0.29) is 39.5 Å². The summed E-state index contributed by atoms with van der Waals surface area (Å²) in [5.74, 6) is 1.12. The van der Waals surface area contributed by atoms with E-state index < -0.39 is 17.5 Å². The first kappa shape index (κ1) is 26.6. The quantitative estimate of drug-likeness (QED) is 0.438. The Morgan fingerprint density at radius 3 is 2.24 bits per heavy atom. The summed E-state index contributed by atoms with van der Waals surface area (Å²) < 4.78 is 12.8. The summed E-state index contributed by atoms with van der Waals surface area (Å²) >= 11 is 0. The van der Waals surface area contributed by atoms with Crippen molar-refractivity contribution in [2.45, 2.75) is 131 Å². The lowest BCUT2D eigenvalue weighted by Gasteiger charge is -2.74. The number of hydrogen-bond donors (Lipinski definition) is 2. The minimum absolute atomic E-state index is 0.00877. The lowest BCUT2D eigenvalue weighted by molar-refractivity contribution is -0.276. The summed E-state index contributed by atoms with van der Waals surface area (Å²) in [4.78, 5) is 12.4. The van der Waals surface area contributed by atoms with Gasteiger partial charge in [-0.05, 0) is 123 Å². The summed E-state index contributed by atoms with van der Waals surface area (Å²) in [6.45, 7) is 17.2. The van der Waals surface area contributed by atoms with Crippen LogP contribution in [0.3, 0.4) is 0 Å². The van der Waals surface area contributed by atoms with Crippen molar-refractivity contribution >= 4 is 5.97 Å². The molecule has 0 aromatic heterocycles. The smallest absolute Gasteiger partial charge is 0.309 e. The standard InChI is InChI=1S/C32H52O5/c1-8-36-26-32-10-9-21-29(5,22(32)17-20(33)24(37-26)19(32)2)14-16-31(7)23-18-28(4,25(34)35)12-11-27(23,3)13-15-30(21,31)6/h19-24,26,33H,8-18H2,1-7H3,(H,34,35)/t19-,20+,21+,22?,23+,24+,26+,27+,28+,29+,30+,31-,32-/m0/s1. The third-order valence-electron chi connectivity index (χ3n) is 14.8. The van der Waals surface area contributed by atoms with Crippen LogP contribution in [0.2, 0.25) is 0 Å². The molecule has 210 valence electrons. The van der Waals surface area contributed by atoms with Crippen LogP contribution in [0.25, 0.3) is 0 Å². The van der Waals surface area contributed by atoms with Crippen molar-refractivity contribution < 1.29 is 24.5 Å². The number of aliphatic hydroxyl groups excluding tert-OH is 1. The molecule has 2 N–H and O–H groups in total. The van der Waals surface area contributed by atoms with Gasteiger partial charge in [0.1, 0.15) is 0 Å². The molecule has 1 heterocycles. The van der Waals surface area contributed by atoms with Crippen molar-refractivity contribution in [3.05, 3.63) is 0 Å². The maximum Gasteiger partial charge on any atom is 0.309 e. The van der Waals surface area contributed by atoms with Crippen LogP contribution in [0, 0.1) is 56.2 Å². The van der Waals surface area contributed by atoms with Gasteiger partial charge in [0, 0.05) is 12.0 Å². The first-order chi connectivity index (χ1) is 17.2. The topological polar surface area (TPSA) is 76.0 Å². The fourth-order valence-electron chi connectivity index (χ4n) is 12.3. The van der Waals surface area contributed by atoms with Gasteiger partial charge < -0.3 is 19.7 Å². The van der Waals surface area contributed by atoms with E-state index in [0.717, 1.165) is 44.9 Å². The van der Waals surface area contributed by atoms with Crippen molar-refractivity contribution in [1.29, 1.82) is 0 Å². The van der Waals surface area contributed by atoms with Crippen molar-refractivity contribution in [3.63, 3.8) is 0 Å².